The monoisotopic (exact) mass is 233 g/mol. The highest BCUT2D eigenvalue weighted by Gasteiger charge is 2.20. The van der Waals surface area contributed by atoms with Gasteiger partial charge in [0.1, 0.15) is 0 Å². The fourth-order valence-electron chi connectivity index (χ4n) is 2.44. The molecule has 17 heavy (non-hydrogen) atoms. The lowest BCUT2D eigenvalue weighted by Crippen LogP contribution is -2.24. The van der Waals surface area contributed by atoms with Crippen LogP contribution in [0, 0.1) is 5.92 Å². The van der Waals surface area contributed by atoms with Gasteiger partial charge in [-0.1, -0.05) is 19.3 Å². The molecular formula is C14H23N3. The molecule has 1 N–H and O–H groups in total. The number of nitrogens with one attached hydrogen (secondary N) is 1. The molecule has 1 fully saturated rings. The van der Waals surface area contributed by atoms with Crippen LogP contribution in [0.2, 0.25) is 0 Å². The van der Waals surface area contributed by atoms with Crippen molar-refractivity contribution >= 4 is 11.4 Å². The van der Waals surface area contributed by atoms with Gasteiger partial charge >= 0.3 is 0 Å². The zero-order valence-electron chi connectivity index (χ0n) is 11.1. The van der Waals surface area contributed by atoms with E-state index in [1.54, 1.807) is 0 Å². The van der Waals surface area contributed by atoms with Gasteiger partial charge in [-0.2, -0.15) is 0 Å². The number of anilines is 2. The van der Waals surface area contributed by atoms with Crippen molar-refractivity contribution in [3.05, 3.63) is 18.5 Å². The van der Waals surface area contributed by atoms with Crippen molar-refractivity contribution in [2.24, 2.45) is 5.92 Å². The molecule has 0 bridgehead atoms. The minimum Gasteiger partial charge on any atom is -0.380 e. The van der Waals surface area contributed by atoms with Crippen LogP contribution < -0.4 is 10.2 Å². The molecule has 2 rings (SSSR count). The summed E-state index contributed by atoms with van der Waals surface area (Å²) in [5, 5.41) is 3.59. The van der Waals surface area contributed by atoms with E-state index < -0.39 is 0 Å². The van der Waals surface area contributed by atoms with Crippen molar-refractivity contribution in [3.8, 4) is 0 Å². The van der Waals surface area contributed by atoms with Gasteiger partial charge in [0, 0.05) is 26.3 Å². The maximum Gasteiger partial charge on any atom is 0.0766 e. The standard InChI is InChI=1S/C14H23N3/c1-11(9-12-5-4-6-12)16-13-10-15-8-7-14(13)17(2)3/h7-8,10-12,16H,4-6,9H2,1-3H3. The highest BCUT2D eigenvalue weighted by atomic mass is 15.1. The number of nitrogens with zero attached hydrogens (tertiary/aromatic N) is 2. The minimum absolute atomic E-state index is 0.531. The second-order valence-electron chi connectivity index (χ2n) is 5.37. The molecule has 3 nitrogen and oxygen atoms in total. The van der Waals surface area contributed by atoms with Crippen molar-refractivity contribution in [1.82, 2.24) is 4.98 Å². The van der Waals surface area contributed by atoms with Gasteiger partial charge in [0.2, 0.25) is 0 Å². The summed E-state index contributed by atoms with van der Waals surface area (Å²) in [7, 11) is 4.13. The van der Waals surface area contributed by atoms with Crippen LogP contribution in [-0.4, -0.2) is 25.1 Å². The maximum absolute atomic E-state index is 4.20. The second kappa shape index (κ2) is 5.39. The molecule has 1 atom stereocenters. The summed E-state index contributed by atoms with van der Waals surface area (Å²) in [5.41, 5.74) is 2.35. The van der Waals surface area contributed by atoms with E-state index in [2.05, 4.69) is 42.3 Å². The molecule has 0 aliphatic heterocycles. The fourth-order valence-corrected chi connectivity index (χ4v) is 2.44. The third kappa shape index (κ3) is 3.11. The Bertz CT molecular complexity index is 358. The molecule has 1 saturated carbocycles. The van der Waals surface area contributed by atoms with Crippen LogP contribution in [0.3, 0.4) is 0 Å². The molecule has 1 aliphatic carbocycles. The molecule has 1 aromatic rings. The fraction of sp³-hybridized carbons (Fsp3) is 0.643. The summed E-state index contributed by atoms with van der Waals surface area (Å²) < 4.78 is 0. The molecule has 1 aliphatic rings. The van der Waals surface area contributed by atoms with E-state index >= 15 is 0 Å². The smallest absolute Gasteiger partial charge is 0.0766 e. The average Bonchev–Trinajstić information content (AvgIpc) is 2.24. The third-order valence-corrected chi connectivity index (χ3v) is 3.59. The molecule has 1 aromatic heterocycles. The van der Waals surface area contributed by atoms with E-state index in [1.807, 2.05) is 12.4 Å². The molecule has 1 heterocycles. The first-order valence-corrected chi connectivity index (χ1v) is 6.54. The van der Waals surface area contributed by atoms with Crippen LogP contribution in [-0.2, 0) is 0 Å². The first-order chi connectivity index (χ1) is 8.16. The summed E-state index contributed by atoms with van der Waals surface area (Å²) in [6, 6.07) is 2.58. The number of hydrogen-bond donors (Lipinski definition) is 1. The Morgan fingerprint density at radius 1 is 1.47 bits per heavy atom. The van der Waals surface area contributed by atoms with Crippen LogP contribution in [0.4, 0.5) is 11.4 Å². The second-order valence-corrected chi connectivity index (χ2v) is 5.37. The van der Waals surface area contributed by atoms with E-state index in [9.17, 15) is 0 Å². The van der Waals surface area contributed by atoms with Gasteiger partial charge in [-0.3, -0.25) is 4.98 Å². The van der Waals surface area contributed by atoms with Gasteiger partial charge < -0.3 is 10.2 Å². The largest absolute Gasteiger partial charge is 0.380 e. The number of hydrogen-bond acceptors (Lipinski definition) is 3. The van der Waals surface area contributed by atoms with Crippen LogP contribution in [0.25, 0.3) is 0 Å². The normalized spacial score (nSPS) is 17.4. The summed E-state index contributed by atoms with van der Waals surface area (Å²) in [4.78, 5) is 6.33. The predicted molar refractivity (Wildman–Crippen MR) is 73.6 cm³/mol. The maximum atomic E-state index is 4.20. The molecule has 0 amide bonds. The topological polar surface area (TPSA) is 28.2 Å². The van der Waals surface area contributed by atoms with E-state index in [0.29, 0.717) is 6.04 Å². The van der Waals surface area contributed by atoms with Gasteiger partial charge in [0.15, 0.2) is 0 Å². The first kappa shape index (κ1) is 12.2. The Balaban J connectivity index is 1.96. The zero-order valence-corrected chi connectivity index (χ0v) is 11.1. The Morgan fingerprint density at radius 2 is 2.24 bits per heavy atom. The Labute approximate surface area is 104 Å². The Morgan fingerprint density at radius 3 is 2.82 bits per heavy atom. The van der Waals surface area contributed by atoms with E-state index in [-0.39, 0.29) is 0 Å². The van der Waals surface area contributed by atoms with Crippen LogP contribution in [0.1, 0.15) is 32.6 Å². The summed E-state index contributed by atoms with van der Waals surface area (Å²) in [6.07, 6.45) is 9.30. The van der Waals surface area contributed by atoms with Crippen molar-refractivity contribution < 1.29 is 0 Å². The average molecular weight is 233 g/mol. The number of pyridine rings is 1. The van der Waals surface area contributed by atoms with Crippen LogP contribution in [0.15, 0.2) is 18.5 Å². The Hall–Kier alpha value is -1.25. The van der Waals surface area contributed by atoms with Crippen LogP contribution in [0.5, 0.6) is 0 Å². The Kier molecular flexibility index (Phi) is 3.87. The van der Waals surface area contributed by atoms with E-state index in [0.717, 1.165) is 11.6 Å². The molecule has 3 heteroatoms. The molecule has 1 unspecified atom stereocenters. The number of rotatable bonds is 5. The van der Waals surface area contributed by atoms with E-state index in [1.165, 1.54) is 31.4 Å². The predicted octanol–water partition coefficient (Wildman–Crippen LogP) is 3.14. The van der Waals surface area contributed by atoms with Crippen molar-refractivity contribution in [3.63, 3.8) is 0 Å². The van der Waals surface area contributed by atoms with Crippen molar-refractivity contribution in [2.45, 2.75) is 38.6 Å². The molecule has 94 valence electrons. The molecule has 0 saturated heterocycles. The van der Waals surface area contributed by atoms with Gasteiger partial charge in [0.05, 0.1) is 17.6 Å². The summed E-state index contributed by atoms with van der Waals surface area (Å²) in [5.74, 6) is 0.942. The lowest BCUT2D eigenvalue weighted by molar-refractivity contribution is 0.286. The third-order valence-electron chi connectivity index (χ3n) is 3.59. The molecule has 0 spiro atoms. The zero-order chi connectivity index (χ0) is 12.3. The SMILES string of the molecule is CC(CC1CCC1)Nc1cnccc1N(C)C. The first-order valence-electron chi connectivity index (χ1n) is 6.54. The lowest BCUT2D eigenvalue weighted by atomic mass is 9.81. The summed E-state index contributed by atoms with van der Waals surface area (Å²) >= 11 is 0. The molecule has 0 radical (unpaired) electrons. The van der Waals surface area contributed by atoms with Gasteiger partial charge in [-0.25, -0.2) is 0 Å². The summed E-state index contributed by atoms with van der Waals surface area (Å²) in [6.45, 7) is 2.27. The van der Waals surface area contributed by atoms with Gasteiger partial charge in [-0.15, -0.1) is 0 Å². The van der Waals surface area contributed by atoms with Crippen LogP contribution >= 0.6 is 0 Å². The number of aromatic nitrogens is 1. The quantitative estimate of drug-likeness (QED) is 0.847. The molecular weight excluding hydrogens is 210 g/mol. The van der Waals surface area contributed by atoms with E-state index in [4.69, 9.17) is 0 Å². The highest BCUT2D eigenvalue weighted by Crippen LogP contribution is 2.32. The lowest BCUT2D eigenvalue weighted by Gasteiger charge is -2.29. The highest BCUT2D eigenvalue weighted by molar-refractivity contribution is 5.68. The minimum atomic E-state index is 0.531. The van der Waals surface area contributed by atoms with Crippen molar-refractivity contribution in [1.29, 1.82) is 0 Å². The molecule has 0 aromatic carbocycles. The van der Waals surface area contributed by atoms with Gasteiger partial charge in [0.25, 0.3) is 0 Å². The van der Waals surface area contributed by atoms with Crippen molar-refractivity contribution in [2.75, 3.05) is 24.3 Å². The van der Waals surface area contributed by atoms with Gasteiger partial charge in [-0.05, 0) is 25.3 Å².